The first-order valence-electron chi connectivity index (χ1n) is 4.62. The van der Waals surface area contributed by atoms with E-state index in [0.29, 0.717) is 16.7 Å². The second-order valence-electron chi connectivity index (χ2n) is 4.11. The Morgan fingerprint density at radius 3 is 2.75 bits per heavy atom. The van der Waals surface area contributed by atoms with Crippen molar-refractivity contribution in [2.45, 2.75) is 19.4 Å². The number of aromatic nitrogens is 1. The van der Waals surface area contributed by atoms with Gasteiger partial charge in [-0.2, -0.15) is 0 Å². The van der Waals surface area contributed by atoms with Gasteiger partial charge in [-0.25, -0.2) is 0 Å². The van der Waals surface area contributed by atoms with Crippen LogP contribution in [0.5, 0.6) is 0 Å². The van der Waals surface area contributed by atoms with Crippen molar-refractivity contribution in [1.29, 1.82) is 0 Å². The van der Waals surface area contributed by atoms with Crippen LogP contribution in [0.15, 0.2) is 16.9 Å². The van der Waals surface area contributed by atoms with Gasteiger partial charge in [-0.15, -0.1) is 0 Å². The SMILES string of the molecule is CC(C)(N)CNc1c(Br)cncc1[N+](=O)[O-]. The summed E-state index contributed by atoms with van der Waals surface area (Å²) < 4.78 is 0.547. The number of halogens is 1. The second-order valence-corrected chi connectivity index (χ2v) is 4.97. The molecule has 0 aliphatic rings. The second kappa shape index (κ2) is 4.75. The number of rotatable bonds is 4. The quantitative estimate of drug-likeness (QED) is 0.652. The fourth-order valence-corrected chi connectivity index (χ4v) is 1.52. The van der Waals surface area contributed by atoms with Crippen molar-refractivity contribution < 1.29 is 4.92 Å². The van der Waals surface area contributed by atoms with E-state index < -0.39 is 10.5 Å². The molecule has 0 unspecified atom stereocenters. The Kier molecular flexibility index (Phi) is 3.82. The van der Waals surface area contributed by atoms with E-state index in [1.807, 2.05) is 13.8 Å². The van der Waals surface area contributed by atoms with Crippen molar-refractivity contribution in [2.75, 3.05) is 11.9 Å². The summed E-state index contributed by atoms with van der Waals surface area (Å²) in [6, 6.07) is 0. The summed E-state index contributed by atoms with van der Waals surface area (Å²) in [5.41, 5.74) is 5.68. The zero-order valence-electron chi connectivity index (χ0n) is 9.03. The van der Waals surface area contributed by atoms with Crippen molar-refractivity contribution in [1.82, 2.24) is 4.98 Å². The van der Waals surface area contributed by atoms with Crippen LogP contribution in [0.3, 0.4) is 0 Å². The summed E-state index contributed by atoms with van der Waals surface area (Å²) in [4.78, 5) is 14.0. The lowest BCUT2D eigenvalue weighted by molar-refractivity contribution is -0.384. The molecule has 0 fully saturated rings. The number of hydrogen-bond donors (Lipinski definition) is 2. The third-order valence-corrected chi connectivity index (χ3v) is 2.40. The van der Waals surface area contributed by atoms with Gasteiger partial charge >= 0.3 is 5.69 Å². The third-order valence-electron chi connectivity index (χ3n) is 1.80. The van der Waals surface area contributed by atoms with Crippen LogP contribution in [0.2, 0.25) is 0 Å². The fraction of sp³-hybridized carbons (Fsp3) is 0.444. The molecule has 0 spiro atoms. The maximum absolute atomic E-state index is 10.8. The van der Waals surface area contributed by atoms with Crippen LogP contribution < -0.4 is 11.1 Å². The van der Waals surface area contributed by atoms with Crippen LogP contribution in [0.1, 0.15) is 13.8 Å². The average molecular weight is 289 g/mol. The largest absolute Gasteiger partial charge is 0.377 e. The van der Waals surface area contributed by atoms with E-state index in [4.69, 9.17) is 5.73 Å². The minimum absolute atomic E-state index is 0.0707. The van der Waals surface area contributed by atoms with Gasteiger partial charge < -0.3 is 11.1 Å². The van der Waals surface area contributed by atoms with Crippen LogP contribution in [0.25, 0.3) is 0 Å². The van der Waals surface area contributed by atoms with Gasteiger partial charge in [0.05, 0.1) is 9.40 Å². The van der Waals surface area contributed by atoms with E-state index in [1.54, 1.807) is 0 Å². The molecule has 0 saturated heterocycles. The highest BCUT2D eigenvalue weighted by atomic mass is 79.9. The van der Waals surface area contributed by atoms with Gasteiger partial charge in [0.25, 0.3) is 0 Å². The van der Waals surface area contributed by atoms with Gasteiger partial charge in [-0.3, -0.25) is 15.1 Å². The first-order chi connectivity index (χ1) is 7.31. The topological polar surface area (TPSA) is 94.1 Å². The van der Waals surface area contributed by atoms with Gasteiger partial charge in [0, 0.05) is 18.3 Å². The highest BCUT2D eigenvalue weighted by Gasteiger charge is 2.19. The number of nitrogens with one attached hydrogen (secondary N) is 1. The normalized spacial score (nSPS) is 11.2. The molecule has 1 aromatic rings. The Morgan fingerprint density at radius 1 is 1.62 bits per heavy atom. The molecular weight excluding hydrogens is 276 g/mol. The standard InChI is InChI=1S/C9H13BrN4O2/c1-9(2,11)5-13-8-6(10)3-12-4-7(8)14(15)16/h3-4H,5,11H2,1-2H3,(H,12,13). The molecule has 0 aromatic carbocycles. The number of anilines is 1. The zero-order valence-corrected chi connectivity index (χ0v) is 10.6. The van der Waals surface area contributed by atoms with E-state index in [2.05, 4.69) is 26.2 Å². The first-order valence-corrected chi connectivity index (χ1v) is 5.41. The molecule has 7 heteroatoms. The summed E-state index contributed by atoms with van der Waals surface area (Å²) in [5, 5.41) is 13.7. The molecule has 0 saturated carbocycles. The van der Waals surface area contributed by atoms with Crippen molar-refractivity contribution in [3.05, 3.63) is 27.0 Å². The molecule has 0 radical (unpaired) electrons. The summed E-state index contributed by atoms with van der Waals surface area (Å²) in [6.07, 6.45) is 2.70. The Hall–Kier alpha value is -1.21. The highest BCUT2D eigenvalue weighted by molar-refractivity contribution is 9.10. The number of pyridine rings is 1. The van der Waals surface area contributed by atoms with Crippen molar-refractivity contribution >= 4 is 27.3 Å². The Balaban J connectivity index is 2.98. The van der Waals surface area contributed by atoms with Crippen molar-refractivity contribution in [3.8, 4) is 0 Å². The molecule has 88 valence electrons. The number of hydrogen-bond acceptors (Lipinski definition) is 5. The first kappa shape index (κ1) is 12.9. The van der Waals surface area contributed by atoms with Gasteiger partial charge in [0.15, 0.2) is 0 Å². The Bertz CT molecular complexity index is 403. The molecule has 0 atom stereocenters. The molecular formula is C9H13BrN4O2. The van der Waals surface area contributed by atoms with Crippen molar-refractivity contribution in [2.24, 2.45) is 5.73 Å². The molecule has 1 rings (SSSR count). The van der Waals surface area contributed by atoms with Crippen LogP contribution >= 0.6 is 15.9 Å². The maximum atomic E-state index is 10.8. The lowest BCUT2D eigenvalue weighted by atomic mass is 10.1. The zero-order chi connectivity index (χ0) is 12.3. The van der Waals surface area contributed by atoms with Crippen LogP contribution in [-0.2, 0) is 0 Å². The third kappa shape index (κ3) is 3.42. The van der Waals surface area contributed by atoms with E-state index in [-0.39, 0.29) is 5.69 Å². The predicted molar refractivity (Wildman–Crippen MR) is 65.3 cm³/mol. The lowest BCUT2D eigenvalue weighted by Crippen LogP contribution is -2.39. The number of nitrogens with zero attached hydrogens (tertiary/aromatic N) is 2. The molecule has 1 aromatic heterocycles. The van der Waals surface area contributed by atoms with E-state index in [1.165, 1.54) is 12.4 Å². The summed E-state index contributed by atoms with van der Waals surface area (Å²) in [5.74, 6) is 0. The predicted octanol–water partition coefficient (Wildman–Crippen LogP) is 1.90. The Labute approximate surface area is 102 Å². The molecule has 3 N–H and O–H groups in total. The minimum atomic E-state index is -0.483. The monoisotopic (exact) mass is 288 g/mol. The maximum Gasteiger partial charge on any atom is 0.311 e. The summed E-state index contributed by atoms with van der Waals surface area (Å²) in [6.45, 7) is 4.10. The van der Waals surface area contributed by atoms with Crippen LogP contribution in [-0.4, -0.2) is 22.0 Å². The summed E-state index contributed by atoms with van der Waals surface area (Å²) in [7, 11) is 0. The molecule has 16 heavy (non-hydrogen) atoms. The van der Waals surface area contributed by atoms with Gasteiger partial charge in [-0.1, -0.05) is 0 Å². The molecule has 0 bridgehead atoms. The van der Waals surface area contributed by atoms with E-state index >= 15 is 0 Å². The van der Waals surface area contributed by atoms with Crippen molar-refractivity contribution in [3.63, 3.8) is 0 Å². The molecule has 0 aliphatic heterocycles. The Morgan fingerprint density at radius 2 is 2.25 bits per heavy atom. The number of nitrogens with two attached hydrogens (primary N) is 1. The lowest BCUT2D eigenvalue weighted by Gasteiger charge is -2.20. The molecule has 1 heterocycles. The van der Waals surface area contributed by atoms with E-state index in [0.717, 1.165) is 0 Å². The average Bonchev–Trinajstić information content (AvgIpc) is 2.13. The molecule has 0 amide bonds. The van der Waals surface area contributed by atoms with Gasteiger partial charge in [0.1, 0.15) is 11.9 Å². The summed E-state index contributed by atoms with van der Waals surface area (Å²) >= 11 is 3.21. The molecule has 6 nitrogen and oxygen atoms in total. The van der Waals surface area contributed by atoms with Crippen LogP contribution in [0.4, 0.5) is 11.4 Å². The minimum Gasteiger partial charge on any atom is -0.377 e. The molecule has 0 aliphatic carbocycles. The smallest absolute Gasteiger partial charge is 0.311 e. The van der Waals surface area contributed by atoms with E-state index in [9.17, 15) is 10.1 Å². The number of nitro groups is 1. The van der Waals surface area contributed by atoms with Gasteiger partial charge in [0.2, 0.25) is 0 Å². The highest BCUT2D eigenvalue weighted by Crippen LogP contribution is 2.31. The van der Waals surface area contributed by atoms with Gasteiger partial charge in [-0.05, 0) is 29.8 Å². The van der Waals surface area contributed by atoms with Crippen LogP contribution in [0, 0.1) is 10.1 Å². The fourth-order valence-electron chi connectivity index (χ4n) is 1.05.